The van der Waals surface area contributed by atoms with Gasteiger partial charge in [-0.3, -0.25) is 4.79 Å². The Morgan fingerprint density at radius 3 is 2.79 bits per heavy atom. The average molecular weight is 326 g/mol. The Morgan fingerprint density at radius 1 is 1.21 bits per heavy atom. The Bertz CT molecular complexity index is 675. The van der Waals surface area contributed by atoms with Crippen LogP contribution in [0.4, 0.5) is 0 Å². The molecule has 126 valence electrons. The van der Waals surface area contributed by atoms with E-state index in [4.69, 9.17) is 9.47 Å². The lowest BCUT2D eigenvalue weighted by molar-refractivity contribution is -0.129. The summed E-state index contributed by atoms with van der Waals surface area (Å²) in [5, 5.41) is 6.14. The van der Waals surface area contributed by atoms with Crippen LogP contribution in [0, 0.1) is 0 Å². The van der Waals surface area contributed by atoms with Crippen LogP contribution >= 0.6 is 0 Å². The summed E-state index contributed by atoms with van der Waals surface area (Å²) in [6.07, 6.45) is -0.119. The smallest absolute Gasteiger partial charge is 0.240 e. The number of hydrogen-bond acceptors (Lipinski definition) is 4. The minimum absolute atomic E-state index is 0.0448. The van der Waals surface area contributed by atoms with Gasteiger partial charge in [0.15, 0.2) is 0 Å². The number of nitrogens with one attached hydrogen (secondary N) is 2. The molecule has 2 N–H and O–H groups in total. The van der Waals surface area contributed by atoms with E-state index in [9.17, 15) is 4.79 Å². The van der Waals surface area contributed by atoms with E-state index >= 15 is 0 Å². The summed E-state index contributed by atoms with van der Waals surface area (Å²) in [4.78, 5) is 12.3. The second-order valence-corrected chi connectivity index (χ2v) is 5.79. The monoisotopic (exact) mass is 326 g/mol. The maximum absolute atomic E-state index is 12.3. The number of rotatable bonds is 5. The van der Waals surface area contributed by atoms with Crippen LogP contribution in [0.1, 0.15) is 12.5 Å². The highest BCUT2D eigenvalue weighted by atomic mass is 16.5. The lowest BCUT2D eigenvalue weighted by atomic mass is 10.1. The van der Waals surface area contributed by atoms with Crippen LogP contribution in [-0.2, 0) is 16.1 Å². The molecular weight excluding hydrogens is 304 g/mol. The fourth-order valence-electron chi connectivity index (χ4n) is 2.67. The van der Waals surface area contributed by atoms with E-state index < -0.39 is 0 Å². The van der Waals surface area contributed by atoms with Crippen molar-refractivity contribution in [2.75, 3.05) is 13.2 Å². The standard InChI is InChI=1S/C19H22N2O3/c1-14-18(20-10-11-23-14)19(22)21-13-15-6-5-9-17(12-15)24-16-7-3-2-4-8-16/h2-9,12,14,18,20H,10-11,13H2,1H3,(H,21,22)/t14-,18+/m1/s1. The lowest BCUT2D eigenvalue weighted by Crippen LogP contribution is -2.55. The molecule has 0 saturated carbocycles. The molecule has 0 spiro atoms. The van der Waals surface area contributed by atoms with Crippen molar-refractivity contribution in [3.8, 4) is 11.5 Å². The SMILES string of the molecule is C[C@H]1OCCN[C@@H]1C(=O)NCc1cccc(Oc2ccccc2)c1. The predicted molar refractivity (Wildman–Crippen MR) is 92.0 cm³/mol. The largest absolute Gasteiger partial charge is 0.457 e. The van der Waals surface area contributed by atoms with Gasteiger partial charge in [0.1, 0.15) is 17.5 Å². The lowest BCUT2D eigenvalue weighted by Gasteiger charge is -2.29. The van der Waals surface area contributed by atoms with E-state index in [0.29, 0.717) is 19.7 Å². The molecule has 0 unspecified atom stereocenters. The van der Waals surface area contributed by atoms with Crippen molar-refractivity contribution < 1.29 is 14.3 Å². The van der Waals surface area contributed by atoms with Gasteiger partial charge in [0.05, 0.1) is 12.7 Å². The number of benzene rings is 2. The third-order valence-corrected chi connectivity index (χ3v) is 3.94. The van der Waals surface area contributed by atoms with Crippen LogP contribution in [0.15, 0.2) is 54.6 Å². The number of carbonyl (C=O) groups excluding carboxylic acids is 1. The van der Waals surface area contributed by atoms with Gasteiger partial charge in [-0.05, 0) is 36.8 Å². The molecule has 2 atom stereocenters. The predicted octanol–water partition coefficient (Wildman–Crippen LogP) is 2.47. The first-order valence-corrected chi connectivity index (χ1v) is 8.17. The van der Waals surface area contributed by atoms with Gasteiger partial charge in [0, 0.05) is 13.1 Å². The molecule has 1 amide bonds. The van der Waals surface area contributed by atoms with Gasteiger partial charge in [-0.1, -0.05) is 30.3 Å². The number of para-hydroxylation sites is 1. The molecule has 5 heteroatoms. The molecular formula is C19H22N2O3. The van der Waals surface area contributed by atoms with Gasteiger partial charge in [0.2, 0.25) is 5.91 Å². The van der Waals surface area contributed by atoms with Crippen LogP contribution < -0.4 is 15.4 Å². The van der Waals surface area contributed by atoms with Crippen LogP contribution in [0.25, 0.3) is 0 Å². The third-order valence-electron chi connectivity index (χ3n) is 3.94. The molecule has 2 aromatic rings. The second-order valence-electron chi connectivity index (χ2n) is 5.79. The highest BCUT2D eigenvalue weighted by molar-refractivity contribution is 5.82. The number of hydrogen-bond donors (Lipinski definition) is 2. The summed E-state index contributed by atoms with van der Waals surface area (Å²) in [6.45, 7) is 3.70. The van der Waals surface area contributed by atoms with Crippen LogP contribution in [0.5, 0.6) is 11.5 Å². The fraction of sp³-hybridized carbons (Fsp3) is 0.316. The molecule has 0 radical (unpaired) electrons. The molecule has 0 aromatic heterocycles. The Balaban J connectivity index is 1.57. The molecule has 1 saturated heterocycles. The van der Waals surface area contributed by atoms with E-state index in [2.05, 4.69) is 10.6 Å². The first-order chi connectivity index (χ1) is 11.7. The van der Waals surface area contributed by atoms with Crippen LogP contribution in [-0.4, -0.2) is 31.2 Å². The van der Waals surface area contributed by atoms with E-state index in [1.807, 2.05) is 61.5 Å². The summed E-state index contributed by atoms with van der Waals surface area (Å²) in [6, 6.07) is 17.0. The quantitative estimate of drug-likeness (QED) is 0.886. The zero-order valence-corrected chi connectivity index (χ0v) is 13.7. The normalized spacial score (nSPS) is 20.4. The molecule has 3 rings (SSSR count). The first-order valence-electron chi connectivity index (χ1n) is 8.17. The number of carbonyl (C=O) groups is 1. The zero-order valence-electron chi connectivity index (χ0n) is 13.7. The van der Waals surface area contributed by atoms with Crippen LogP contribution in [0.2, 0.25) is 0 Å². The molecule has 1 heterocycles. The van der Waals surface area contributed by atoms with Gasteiger partial charge < -0.3 is 20.1 Å². The molecule has 0 bridgehead atoms. The van der Waals surface area contributed by atoms with E-state index in [-0.39, 0.29) is 18.1 Å². The van der Waals surface area contributed by atoms with E-state index in [1.165, 1.54) is 0 Å². The molecule has 5 nitrogen and oxygen atoms in total. The van der Waals surface area contributed by atoms with E-state index in [1.54, 1.807) is 0 Å². The molecule has 0 aliphatic carbocycles. The summed E-state index contributed by atoms with van der Waals surface area (Å²) in [5.41, 5.74) is 0.987. The van der Waals surface area contributed by atoms with Gasteiger partial charge >= 0.3 is 0 Å². The zero-order chi connectivity index (χ0) is 16.8. The first kappa shape index (κ1) is 16.5. The number of ether oxygens (including phenoxy) is 2. The van der Waals surface area contributed by atoms with Crippen molar-refractivity contribution in [2.45, 2.75) is 25.6 Å². The highest BCUT2D eigenvalue weighted by Crippen LogP contribution is 2.21. The summed E-state index contributed by atoms with van der Waals surface area (Å²) >= 11 is 0. The highest BCUT2D eigenvalue weighted by Gasteiger charge is 2.27. The minimum atomic E-state index is -0.303. The Labute approximate surface area is 142 Å². The Hall–Kier alpha value is -2.37. The maximum Gasteiger partial charge on any atom is 0.240 e. The second kappa shape index (κ2) is 7.95. The van der Waals surface area contributed by atoms with Crippen molar-refractivity contribution in [2.24, 2.45) is 0 Å². The van der Waals surface area contributed by atoms with Gasteiger partial charge in [-0.2, -0.15) is 0 Å². The van der Waals surface area contributed by atoms with Crippen molar-refractivity contribution in [3.63, 3.8) is 0 Å². The van der Waals surface area contributed by atoms with Gasteiger partial charge in [-0.15, -0.1) is 0 Å². The summed E-state index contributed by atoms with van der Waals surface area (Å²) < 4.78 is 11.3. The third kappa shape index (κ3) is 4.34. The van der Waals surface area contributed by atoms with E-state index in [0.717, 1.165) is 17.1 Å². The average Bonchev–Trinajstić information content (AvgIpc) is 2.61. The summed E-state index contributed by atoms with van der Waals surface area (Å²) in [7, 11) is 0. The van der Waals surface area contributed by atoms with Gasteiger partial charge in [-0.25, -0.2) is 0 Å². The molecule has 2 aromatic carbocycles. The molecule has 1 aliphatic rings. The molecule has 1 aliphatic heterocycles. The summed E-state index contributed by atoms with van der Waals surface area (Å²) in [5.74, 6) is 1.49. The minimum Gasteiger partial charge on any atom is -0.457 e. The number of morpholine rings is 1. The Kier molecular flexibility index (Phi) is 5.46. The van der Waals surface area contributed by atoms with Crippen molar-refractivity contribution in [3.05, 3.63) is 60.2 Å². The van der Waals surface area contributed by atoms with Crippen molar-refractivity contribution in [1.82, 2.24) is 10.6 Å². The molecule has 1 fully saturated rings. The topological polar surface area (TPSA) is 59.6 Å². The van der Waals surface area contributed by atoms with Crippen molar-refractivity contribution in [1.29, 1.82) is 0 Å². The maximum atomic E-state index is 12.3. The fourth-order valence-corrected chi connectivity index (χ4v) is 2.67. The molecule has 24 heavy (non-hydrogen) atoms. The van der Waals surface area contributed by atoms with Gasteiger partial charge in [0.25, 0.3) is 0 Å². The number of amides is 1. The van der Waals surface area contributed by atoms with Crippen molar-refractivity contribution >= 4 is 5.91 Å². The van der Waals surface area contributed by atoms with Crippen LogP contribution in [0.3, 0.4) is 0 Å². The Morgan fingerprint density at radius 2 is 2.00 bits per heavy atom.